The van der Waals surface area contributed by atoms with Gasteiger partial charge in [-0.2, -0.15) is 0 Å². The molecule has 3 rings (SSSR count). The molecule has 0 bridgehead atoms. The Morgan fingerprint density at radius 2 is 1.25 bits per heavy atom. The van der Waals surface area contributed by atoms with Gasteiger partial charge in [-0.15, -0.1) is 0 Å². The Kier molecular flexibility index (Phi) is 4.97. The van der Waals surface area contributed by atoms with Crippen LogP contribution in [0.3, 0.4) is 0 Å². The van der Waals surface area contributed by atoms with E-state index in [4.69, 9.17) is 0 Å². The molecule has 24 heavy (non-hydrogen) atoms. The fourth-order valence-corrected chi connectivity index (χ4v) is 2.69. The summed E-state index contributed by atoms with van der Waals surface area (Å²) < 4.78 is 13.7. The highest BCUT2D eigenvalue weighted by Crippen LogP contribution is 2.26. The molecule has 0 aliphatic heterocycles. The van der Waals surface area contributed by atoms with Crippen LogP contribution in [0, 0.1) is 5.82 Å². The third kappa shape index (κ3) is 3.66. The molecule has 0 amide bonds. The quantitative estimate of drug-likeness (QED) is 0.588. The number of allylic oxidation sites excluding steroid dienone is 1. The van der Waals surface area contributed by atoms with Crippen LogP contribution in [0.25, 0.3) is 6.08 Å². The summed E-state index contributed by atoms with van der Waals surface area (Å²) in [4.78, 5) is 12.8. The molecule has 0 aliphatic rings. The molecule has 0 heterocycles. The van der Waals surface area contributed by atoms with Crippen molar-refractivity contribution in [2.24, 2.45) is 0 Å². The molecule has 0 N–H and O–H groups in total. The molecule has 0 aromatic heterocycles. The number of halogens is 1. The van der Waals surface area contributed by atoms with E-state index in [2.05, 4.69) is 0 Å². The molecule has 2 heteroatoms. The van der Waals surface area contributed by atoms with E-state index in [0.29, 0.717) is 5.56 Å². The predicted molar refractivity (Wildman–Crippen MR) is 95.2 cm³/mol. The third-order valence-corrected chi connectivity index (χ3v) is 3.88. The lowest BCUT2D eigenvalue weighted by Gasteiger charge is -2.15. The van der Waals surface area contributed by atoms with Gasteiger partial charge in [0.15, 0.2) is 5.78 Å². The zero-order valence-corrected chi connectivity index (χ0v) is 13.1. The van der Waals surface area contributed by atoms with Crippen LogP contribution in [-0.2, 0) is 4.79 Å². The van der Waals surface area contributed by atoms with Crippen LogP contribution in [0.2, 0.25) is 0 Å². The summed E-state index contributed by atoms with van der Waals surface area (Å²) >= 11 is 0. The molecule has 0 atom stereocenters. The monoisotopic (exact) mass is 316 g/mol. The lowest BCUT2D eigenvalue weighted by molar-refractivity contribution is -0.115. The number of rotatable bonds is 5. The van der Waals surface area contributed by atoms with Crippen molar-refractivity contribution >= 4 is 11.9 Å². The molecule has 118 valence electrons. The zero-order chi connectivity index (χ0) is 16.8. The van der Waals surface area contributed by atoms with Crippen LogP contribution in [0.1, 0.15) is 22.6 Å². The summed E-state index contributed by atoms with van der Waals surface area (Å²) in [5.74, 6) is -0.802. The van der Waals surface area contributed by atoms with Crippen molar-refractivity contribution in [2.75, 3.05) is 0 Å². The zero-order valence-electron chi connectivity index (χ0n) is 13.1. The standard InChI is InChI=1S/C22H17FO/c23-20-14-8-7-9-17(20)15-16-21(24)22(18-10-3-1-4-11-18)19-12-5-2-6-13-19/h1-16,22H/b16-15+. The van der Waals surface area contributed by atoms with Crippen molar-refractivity contribution in [2.45, 2.75) is 5.92 Å². The number of carbonyl (C=O) groups excluding carboxylic acids is 1. The maximum Gasteiger partial charge on any atom is 0.167 e. The molecule has 0 aliphatic carbocycles. The van der Waals surface area contributed by atoms with Crippen LogP contribution in [0.15, 0.2) is 91.0 Å². The van der Waals surface area contributed by atoms with E-state index in [9.17, 15) is 9.18 Å². The number of ketones is 1. The first kappa shape index (κ1) is 15.9. The predicted octanol–water partition coefficient (Wildman–Crippen LogP) is 5.24. The van der Waals surface area contributed by atoms with Crippen molar-refractivity contribution in [3.05, 3.63) is 114 Å². The van der Waals surface area contributed by atoms with Crippen molar-refractivity contribution in [1.29, 1.82) is 0 Å². The summed E-state index contributed by atoms with van der Waals surface area (Å²) in [5, 5.41) is 0. The number of hydrogen-bond donors (Lipinski definition) is 0. The van der Waals surface area contributed by atoms with Gasteiger partial charge >= 0.3 is 0 Å². The molecule has 0 fully saturated rings. The minimum Gasteiger partial charge on any atom is -0.294 e. The largest absolute Gasteiger partial charge is 0.294 e. The lowest BCUT2D eigenvalue weighted by Crippen LogP contribution is -2.11. The second kappa shape index (κ2) is 7.51. The Hall–Kier alpha value is -3.00. The topological polar surface area (TPSA) is 17.1 Å². The van der Waals surface area contributed by atoms with E-state index >= 15 is 0 Å². The van der Waals surface area contributed by atoms with Crippen molar-refractivity contribution in [3.8, 4) is 0 Å². The number of hydrogen-bond acceptors (Lipinski definition) is 1. The highest BCUT2D eigenvalue weighted by Gasteiger charge is 2.20. The SMILES string of the molecule is O=C(/C=C/c1ccccc1F)C(c1ccccc1)c1ccccc1. The molecule has 0 saturated heterocycles. The first-order chi connectivity index (χ1) is 11.8. The van der Waals surface area contributed by atoms with Gasteiger partial charge < -0.3 is 0 Å². The van der Waals surface area contributed by atoms with Crippen LogP contribution >= 0.6 is 0 Å². The molecular weight excluding hydrogens is 299 g/mol. The fraction of sp³-hybridized carbons (Fsp3) is 0.0455. The molecular formula is C22H17FO. The van der Waals surface area contributed by atoms with E-state index in [1.54, 1.807) is 18.2 Å². The van der Waals surface area contributed by atoms with Crippen molar-refractivity contribution < 1.29 is 9.18 Å². The molecule has 0 spiro atoms. The van der Waals surface area contributed by atoms with E-state index in [-0.39, 0.29) is 11.6 Å². The Bertz CT molecular complexity index is 799. The Morgan fingerprint density at radius 1 is 0.750 bits per heavy atom. The van der Waals surface area contributed by atoms with Crippen molar-refractivity contribution in [1.82, 2.24) is 0 Å². The molecule has 0 unspecified atom stereocenters. The van der Waals surface area contributed by atoms with E-state index in [1.807, 2.05) is 60.7 Å². The summed E-state index contributed by atoms with van der Waals surface area (Å²) in [7, 11) is 0. The summed E-state index contributed by atoms with van der Waals surface area (Å²) in [5.41, 5.74) is 2.25. The average molecular weight is 316 g/mol. The maximum atomic E-state index is 13.7. The normalized spacial score (nSPS) is 11.1. The first-order valence-electron chi connectivity index (χ1n) is 7.82. The second-order valence-corrected chi connectivity index (χ2v) is 5.51. The molecule has 1 nitrogen and oxygen atoms in total. The van der Waals surface area contributed by atoms with Crippen LogP contribution in [0.4, 0.5) is 4.39 Å². The van der Waals surface area contributed by atoms with Gasteiger partial charge in [-0.25, -0.2) is 4.39 Å². The van der Waals surface area contributed by atoms with Gasteiger partial charge in [-0.1, -0.05) is 78.9 Å². The second-order valence-electron chi connectivity index (χ2n) is 5.51. The minimum atomic E-state index is -0.393. The van der Waals surface area contributed by atoms with Crippen LogP contribution in [-0.4, -0.2) is 5.78 Å². The van der Waals surface area contributed by atoms with Gasteiger partial charge in [0.25, 0.3) is 0 Å². The van der Waals surface area contributed by atoms with Gasteiger partial charge in [0.05, 0.1) is 5.92 Å². The molecule has 3 aromatic rings. The van der Waals surface area contributed by atoms with E-state index in [0.717, 1.165) is 11.1 Å². The lowest BCUT2D eigenvalue weighted by atomic mass is 9.87. The third-order valence-electron chi connectivity index (χ3n) is 3.88. The van der Waals surface area contributed by atoms with Crippen LogP contribution in [0.5, 0.6) is 0 Å². The summed E-state index contributed by atoms with van der Waals surface area (Å²) in [6.45, 7) is 0. The number of carbonyl (C=O) groups is 1. The number of benzene rings is 3. The highest BCUT2D eigenvalue weighted by molar-refractivity contribution is 6.00. The highest BCUT2D eigenvalue weighted by atomic mass is 19.1. The minimum absolute atomic E-state index is 0.0735. The van der Waals surface area contributed by atoms with Gasteiger partial charge in [0, 0.05) is 5.56 Å². The van der Waals surface area contributed by atoms with Gasteiger partial charge in [0.2, 0.25) is 0 Å². The van der Waals surface area contributed by atoms with Gasteiger partial charge in [-0.05, 0) is 29.3 Å². The molecule has 3 aromatic carbocycles. The fourth-order valence-electron chi connectivity index (χ4n) is 2.69. The first-order valence-corrected chi connectivity index (χ1v) is 7.82. The van der Waals surface area contributed by atoms with Gasteiger partial charge in [-0.3, -0.25) is 4.79 Å². The van der Waals surface area contributed by atoms with Gasteiger partial charge in [0.1, 0.15) is 5.82 Å². The smallest absolute Gasteiger partial charge is 0.167 e. The van der Waals surface area contributed by atoms with E-state index < -0.39 is 5.92 Å². The van der Waals surface area contributed by atoms with Crippen LogP contribution < -0.4 is 0 Å². The Labute approximate surface area is 141 Å². The summed E-state index contributed by atoms with van der Waals surface area (Å²) in [6, 6.07) is 25.7. The summed E-state index contributed by atoms with van der Waals surface area (Å²) in [6.07, 6.45) is 3.00. The molecule has 0 saturated carbocycles. The average Bonchev–Trinajstić information content (AvgIpc) is 2.63. The maximum absolute atomic E-state index is 13.7. The molecule has 0 radical (unpaired) electrons. The Morgan fingerprint density at radius 3 is 1.79 bits per heavy atom. The Balaban J connectivity index is 1.94. The van der Waals surface area contributed by atoms with E-state index in [1.165, 1.54) is 18.2 Å². The van der Waals surface area contributed by atoms with Crippen molar-refractivity contribution in [3.63, 3.8) is 0 Å².